The number of anilines is 1. The first-order valence-electron chi connectivity index (χ1n) is 5.68. The lowest BCUT2D eigenvalue weighted by Gasteiger charge is -2.32. The van der Waals surface area contributed by atoms with E-state index >= 15 is 0 Å². The SMILES string of the molecule is COC(=O)c1cncc(N2CCOC(C(N)=S)C2)n1. The summed E-state index contributed by atoms with van der Waals surface area (Å²) in [5.74, 6) is 0.0564. The Morgan fingerprint density at radius 1 is 1.63 bits per heavy atom. The molecule has 1 atom stereocenters. The van der Waals surface area contributed by atoms with Gasteiger partial charge in [-0.1, -0.05) is 12.2 Å². The zero-order chi connectivity index (χ0) is 13.8. The second-order valence-electron chi connectivity index (χ2n) is 3.96. The Bertz CT molecular complexity index is 497. The molecule has 0 radical (unpaired) electrons. The summed E-state index contributed by atoms with van der Waals surface area (Å²) in [4.78, 5) is 21.8. The van der Waals surface area contributed by atoms with Gasteiger partial charge in [0.25, 0.3) is 0 Å². The lowest BCUT2D eigenvalue weighted by Crippen LogP contribution is -2.48. The summed E-state index contributed by atoms with van der Waals surface area (Å²) in [6.45, 7) is 1.62. The van der Waals surface area contributed by atoms with Crippen LogP contribution in [0.2, 0.25) is 0 Å². The Balaban J connectivity index is 2.17. The maximum atomic E-state index is 11.4. The minimum Gasteiger partial charge on any atom is -0.464 e. The summed E-state index contributed by atoms with van der Waals surface area (Å²) in [5, 5.41) is 0. The van der Waals surface area contributed by atoms with Crippen LogP contribution in [0, 0.1) is 0 Å². The van der Waals surface area contributed by atoms with Gasteiger partial charge in [0, 0.05) is 6.54 Å². The van der Waals surface area contributed by atoms with Crippen molar-refractivity contribution in [2.24, 2.45) is 5.73 Å². The van der Waals surface area contributed by atoms with Crippen molar-refractivity contribution < 1.29 is 14.3 Å². The summed E-state index contributed by atoms with van der Waals surface area (Å²) in [6, 6.07) is 0. The van der Waals surface area contributed by atoms with Crippen molar-refractivity contribution in [2.45, 2.75) is 6.10 Å². The molecule has 19 heavy (non-hydrogen) atoms. The highest BCUT2D eigenvalue weighted by Crippen LogP contribution is 2.15. The van der Waals surface area contributed by atoms with E-state index in [2.05, 4.69) is 14.7 Å². The number of morpholine rings is 1. The van der Waals surface area contributed by atoms with E-state index in [9.17, 15) is 4.79 Å². The summed E-state index contributed by atoms with van der Waals surface area (Å²) >= 11 is 4.92. The number of carbonyl (C=O) groups excluding carboxylic acids is 1. The summed E-state index contributed by atoms with van der Waals surface area (Å²) in [7, 11) is 1.30. The molecule has 1 saturated heterocycles. The largest absolute Gasteiger partial charge is 0.464 e. The van der Waals surface area contributed by atoms with E-state index in [-0.39, 0.29) is 11.8 Å². The zero-order valence-electron chi connectivity index (χ0n) is 10.4. The monoisotopic (exact) mass is 282 g/mol. The van der Waals surface area contributed by atoms with Gasteiger partial charge in [0.15, 0.2) is 5.69 Å². The lowest BCUT2D eigenvalue weighted by molar-refractivity contribution is 0.0593. The fourth-order valence-corrected chi connectivity index (χ4v) is 1.88. The summed E-state index contributed by atoms with van der Waals surface area (Å²) in [5.41, 5.74) is 5.74. The van der Waals surface area contributed by atoms with Gasteiger partial charge in [-0.3, -0.25) is 4.98 Å². The van der Waals surface area contributed by atoms with E-state index in [0.29, 0.717) is 30.5 Å². The van der Waals surface area contributed by atoms with Crippen LogP contribution >= 0.6 is 12.2 Å². The molecule has 2 heterocycles. The van der Waals surface area contributed by atoms with Crippen LogP contribution in [0.25, 0.3) is 0 Å². The molecule has 0 amide bonds. The molecule has 1 aliphatic heterocycles. The van der Waals surface area contributed by atoms with Crippen LogP contribution in [0.1, 0.15) is 10.5 Å². The van der Waals surface area contributed by atoms with E-state index in [1.54, 1.807) is 6.20 Å². The summed E-state index contributed by atoms with van der Waals surface area (Å²) < 4.78 is 10.1. The number of nitrogens with two attached hydrogens (primary N) is 1. The quantitative estimate of drug-likeness (QED) is 0.600. The molecular weight excluding hydrogens is 268 g/mol. The standard InChI is InChI=1S/C11H14N4O3S/c1-17-11(16)7-4-13-5-9(14-7)15-2-3-18-8(6-15)10(12)19/h4-5,8H,2-3,6H2,1H3,(H2,12,19). The molecule has 102 valence electrons. The molecule has 1 aliphatic rings. The second kappa shape index (κ2) is 5.89. The number of nitrogens with zero attached hydrogens (tertiary/aromatic N) is 3. The molecule has 2 rings (SSSR count). The number of aromatic nitrogens is 2. The Labute approximate surface area is 115 Å². The van der Waals surface area contributed by atoms with Gasteiger partial charge < -0.3 is 20.1 Å². The van der Waals surface area contributed by atoms with Crippen molar-refractivity contribution >= 4 is 29.0 Å². The predicted octanol–water partition coefficient (Wildman–Crippen LogP) is -0.245. The number of hydrogen-bond acceptors (Lipinski definition) is 7. The molecule has 0 saturated carbocycles. The minimum absolute atomic E-state index is 0.165. The molecule has 8 heteroatoms. The van der Waals surface area contributed by atoms with Crippen molar-refractivity contribution in [1.82, 2.24) is 9.97 Å². The van der Waals surface area contributed by atoms with Crippen molar-refractivity contribution in [2.75, 3.05) is 31.7 Å². The van der Waals surface area contributed by atoms with Crippen molar-refractivity contribution in [3.63, 3.8) is 0 Å². The molecule has 0 aliphatic carbocycles. The van der Waals surface area contributed by atoms with E-state index in [1.807, 2.05) is 4.90 Å². The number of hydrogen-bond donors (Lipinski definition) is 1. The van der Waals surface area contributed by atoms with E-state index in [0.717, 1.165) is 0 Å². The van der Waals surface area contributed by atoms with E-state index < -0.39 is 5.97 Å². The van der Waals surface area contributed by atoms with Crippen LogP contribution in [-0.2, 0) is 9.47 Å². The Hall–Kier alpha value is -1.80. The van der Waals surface area contributed by atoms with Gasteiger partial charge in [-0.05, 0) is 0 Å². The Morgan fingerprint density at radius 2 is 2.42 bits per heavy atom. The van der Waals surface area contributed by atoms with Crippen molar-refractivity contribution in [1.29, 1.82) is 0 Å². The summed E-state index contributed by atoms with van der Waals surface area (Å²) in [6.07, 6.45) is 2.63. The molecule has 1 unspecified atom stereocenters. The highest BCUT2D eigenvalue weighted by molar-refractivity contribution is 7.80. The molecule has 1 aromatic heterocycles. The molecule has 7 nitrogen and oxygen atoms in total. The number of rotatable bonds is 3. The minimum atomic E-state index is -0.520. The van der Waals surface area contributed by atoms with Crippen LogP contribution in [0.15, 0.2) is 12.4 Å². The number of carbonyl (C=O) groups is 1. The maximum Gasteiger partial charge on any atom is 0.358 e. The highest BCUT2D eigenvalue weighted by Gasteiger charge is 2.24. The third-order valence-corrected chi connectivity index (χ3v) is 2.99. The van der Waals surface area contributed by atoms with Gasteiger partial charge in [0.2, 0.25) is 0 Å². The number of methoxy groups -OCH3 is 1. The number of esters is 1. The van der Waals surface area contributed by atoms with Gasteiger partial charge in [0.1, 0.15) is 16.9 Å². The van der Waals surface area contributed by atoms with Gasteiger partial charge in [-0.25, -0.2) is 9.78 Å². The molecule has 0 spiro atoms. The van der Waals surface area contributed by atoms with Gasteiger partial charge in [0.05, 0.1) is 32.7 Å². The number of ether oxygens (including phenoxy) is 2. The first-order valence-corrected chi connectivity index (χ1v) is 6.09. The lowest BCUT2D eigenvalue weighted by atomic mass is 10.2. The molecule has 0 aromatic carbocycles. The van der Waals surface area contributed by atoms with Gasteiger partial charge in [-0.15, -0.1) is 0 Å². The molecule has 1 fully saturated rings. The smallest absolute Gasteiger partial charge is 0.358 e. The number of thiocarbonyl (C=S) groups is 1. The third kappa shape index (κ3) is 3.15. The maximum absolute atomic E-state index is 11.4. The fraction of sp³-hybridized carbons (Fsp3) is 0.455. The van der Waals surface area contributed by atoms with Crippen molar-refractivity contribution in [3.05, 3.63) is 18.1 Å². The first kappa shape index (κ1) is 13.6. The van der Waals surface area contributed by atoms with Crippen LogP contribution in [0.5, 0.6) is 0 Å². The Morgan fingerprint density at radius 3 is 3.11 bits per heavy atom. The van der Waals surface area contributed by atoms with Crippen LogP contribution in [0.3, 0.4) is 0 Å². The second-order valence-corrected chi connectivity index (χ2v) is 4.43. The zero-order valence-corrected chi connectivity index (χ0v) is 11.2. The molecular formula is C11H14N4O3S. The molecule has 0 bridgehead atoms. The first-order chi connectivity index (χ1) is 9.11. The van der Waals surface area contributed by atoms with Crippen molar-refractivity contribution in [3.8, 4) is 0 Å². The van der Waals surface area contributed by atoms with E-state index in [1.165, 1.54) is 13.3 Å². The van der Waals surface area contributed by atoms with Crippen LogP contribution in [-0.4, -0.2) is 53.8 Å². The highest BCUT2D eigenvalue weighted by atomic mass is 32.1. The van der Waals surface area contributed by atoms with Crippen LogP contribution < -0.4 is 10.6 Å². The average Bonchev–Trinajstić information content (AvgIpc) is 2.46. The molecule has 1 aromatic rings. The average molecular weight is 282 g/mol. The topological polar surface area (TPSA) is 90.6 Å². The molecule has 2 N–H and O–H groups in total. The fourth-order valence-electron chi connectivity index (χ4n) is 1.74. The van der Waals surface area contributed by atoms with E-state index in [4.69, 9.17) is 22.7 Å². The Kier molecular flexibility index (Phi) is 4.23. The normalized spacial score (nSPS) is 19.0. The van der Waals surface area contributed by atoms with Gasteiger partial charge in [-0.2, -0.15) is 0 Å². The predicted molar refractivity (Wildman–Crippen MR) is 72.1 cm³/mol. The van der Waals surface area contributed by atoms with Gasteiger partial charge >= 0.3 is 5.97 Å². The van der Waals surface area contributed by atoms with Crippen LogP contribution in [0.4, 0.5) is 5.82 Å². The third-order valence-electron chi connectivity index (χ3n) is 2.72.